The van der Waals surface area contributed by atoms with Crippen molar-refractivity contribution in [3.8, 4) is 0 Å². The normalized spacial score (nSPS) is 19.4. The predicted molar refractivity (Wildman–Crippen MR) is 103 cm³/mol. The lowest BCUT2D eigenvalue weighted by molar-refractivity contribution is -0.138. The summed E-state index contributed by atoms with van der Waals surface area (Å²) in [5.74, 6) is -0.915. The molecule has 0 amide bonds. The minimum absolute atomic E-state index is 0.0774. The molecule has 0 fully saturated rings. The maximum absolute atomic E-state index is 12.9. The maximum atomic E-state index is 12.9. The summed E-state index contributed by atoms with van der Waals surface area (Å²) in [5, 5.41) is 12.5. The largest absolute Gasteiger partial charge is 0.481 e. The number of thiazole rings is 1. The SMILES string of the molecule is CC1=CC(C)C(c2nc(Nc3cccc(C(F)(F)F)c3)sc2CC(=O)O)C=C1. The van der Waals surface area contributed by atoms with E-state index < -0.39 is 17.7 Å². The van der Waals surface area contributed by atoms with Crippen LogP contribution in [0.1, 0.15) is 35.9 Å². The van der Waals surface area contributed by atoms with Crippen molar-refractivity contribution in [1.82, 2.24) is 4.98 Å². The minimum Gasteiger partial charge on any atom is -0.481 e. The summed E-state index contributed by atoms with van der Waals surface area (Å²) in [6.07, 6.45) is 1.43. The molecule has 0 aliphatic heterocycles. The van der Waals surface area contributed by atoms with Gasteiger partial charge in [0.25, 0.3) is 0 Å². The lowest BCUT2D eigenvalue weighted by atomic mass is 9.84. The molecule has 2 N–H and O–H groups in total. The van der Waals surface area contributed by atoms with Crippen molar-refractivity contribution in [3.63, 3.8) is 0 Å². The third-order valence-electron chi connectivity index (χ3n) is 4.45. The lowest BCUT2D eigenvalue weighted by Crippen LogP contribution is -2.12. The lowest BCUT2D eigenvalue weighted by Gasteiger charge is -2.21. The van der Waals surface area contributed by atoms with Crippen LogP contribution in [0.2, 0.25) is 0 Å². The van der Waals surface area contributed by atoms with E-state index in [0.29, 0.717) is 15.7 Å². The molecule has 1 aromatic heterocycles. The summed E-state index contributed by atoms with van der Waals surface area (Å²) in [5.41, 5.74) is 1.26. The molecule has 0 radical (unpaired) electrons. The van der Waals surface area contributed by atoms with Crippen LogP contribution in [-0.4, -0.2) is 16.1 Å². The molecule has 1 aliphatic rings. The fourth-order valence-corrected chi connectivity index (χ4v) is 4.21. The van der Waals surface area contributed by atoms with Gasteiger partial charge >= 0.3 is 12.1 Å². The number of carbonyl (C=O) groups is 1. The molecule has 0 saturated heterocycles. The number of alkyl halides is 3. The quantitative estimate of drug-likeness (QED) is 0.659. The van der Waals surface area contributed by atoms with E-state index in [1.807, 2.05) is 26.0 Å². The molecule has 2 unspecified atom stereocenters. The van der Waals surface area contributed by atoms with Crippen LogP contribution in [0.3, 0.4) is 0 Å². The van der Waals surface area contributed by atoms with E-state index in [1.165, 1.54) is 12.1 Å². The average Bonchev–Trinajstić information content (AvgIpc) is 2.95. The van der Waals surface area contributed by atoms with E-state index in [4.69, 9.17) is 0 Å². The molecule has 0 saturated carbocycles. The smallest absolute Gasteiger partial charge is 0.416 e. The Labute approximate surface area is 164 Å². The number of hydrogen-bond acceptors (Lipinski definition) is 4. The number of carboxylic acids is 1. The summed E-state index contributed by atoms with van der Waals surface area (Å²) in [4.78, 5) is 16.4. The van der Waals surface area contributed by atoms with Gasteiger partial charge in [-0.3, -0.25) is 4.79 Å². The molecule has 148 valence electrons. The number of aliphatic carboxylic acids is 1. The summed E-state index contributed by atoms with van der Waals surface area (Å²) in [6.45, 7) is 4.02. The zero-order valence-corrected chi connectivity index (χ0v) is 16.1. The van der Waals surface area contributed by atoms with Gasteiger partial charge in [-0.25, -0.2) is 4.98 Å². The Hall–Kier alpha value is -2.61. The van der Waals surface area contributed by atoms with Crippen molar-refractivity contribution >= 4 is 28.1 Å². The number of hydrogen-bond donors (Lipinski definition) is 2. The van der Waals surface area contributed by atoms with Gasteiger partial charge in [0.2, 0.25) is 0 Å². The molecule has 2 aromatic rings. The second-order valence-corrected chi connectivity index (χ2v) is 7.84. The Kier molecular flexibility index (Phi) is 5.60. The highest BCUT2D eigenvalue weighted by atomic mass is 32.1. The van der Waals surface area contributed by atoms with E-state index >= 15 is 0 Å². The third kappa shape index (κ3) is 4.62. The van der Waals surface area contributed by atoms with Crippen molar-refractivity contribution in [3.05, 3.63) is 64.2 Å². The number of halogens is 3. The van der Waals surface area contributed by atoms with E-state index in [9.17, 15) is 23.1 Å². The van der Waals surface area contributed by atoms with E-state index in [-0.39, 0.29) is 23.9 Å². The van der Waals surface area contributed by atoms with E-state index in [0.717, 1.165) is 29.0 Å². The van der Waals surface area contributed by atoms with Gasteiger partial charge in [0.1, 0.15) is 0 Å². The maximum Gasteiger partial charge on any atom is 0.416 e. The van der Waals surface area contributed by atoms with Crippen LogP contribution < -0.4 is 5.32 Å². The first-order chi connectivity index (χ1) is 13.1. The van der Waals surface area contributed by atoms with Gasteiger partial charge in [-0.1, -0.05) is 36.8 Å². The van der Waals surface area contributed by atoms with Gasteiger partial charge in [0.05, 0.1) is 17.7 Å². The first-order valence-corrected chi connectivity index (χ1v) is 9.47. The van der Waals surface area contributed by atoms with Crippen LogP contribution in [-0.2, 0) is 17.4 Å². The van der Waals surface area contributed by atoms with Crippen LogP contribution in [0.15, 0.2) is 48.1 Å². The Morgan fingerprint density at radius 2 is 2.11 bits per heavy atom. The van der Waals surface area contributed by atoms with Crippen LogP contribution in [0.4, 0.5) is 24.0 Å². The topological polar surface area (TPSA) is 62.2 Å². The van der Waals surface area contributed by atoms with Crippen LogP contribution >= 0.6 is 11.3 Å². The molecule has 1 heterocycles. The number of nitrogens with zero attached hydrogens (tertiary/aromatic N) is 1. The fraction of sp³-hybridized carbons (Fsp3) is 0.300. The molecule has 8 heteroatoms. The van der Waals surface area contributed by atoms with Crippen LogP contribution in [0.5, 0.6) is 0 Å². The minimum atomic E-state index is -4.44. The highest BCUT2D eigenvalue weighted by Gasteiger charge is 2.30. The van der Waals surface area contributed by atoms with Crippen molar-refractivity contribution in [2.24, 2.45) is 5.92 Å². The van der Waals surface area contributed by atoms with Crippen LogP contribution in [0.25, 0.3) is 0 Å². The van der Waals surface area contributed by atoms with E-state index in [1.54, 1.807) is 0 Å². The molecule has 4 nitrogen and oxygen atoms in total. The molecular formula is C20H19F3N2O2S. The predicted octanol–water partition coefficient (Wildman–Crippen LogP) is 5.77. The second-order valence-electron chi connectivity index (χ2n) is 6.76. The summed E-state index contributed by atoms with van der Waals surface area (Å²) < 4.78 is 38.8. The summed E-state index contributed by atoms with van der Waals surface area (Å²) in [7, 11) is 0. The number of aromatic nitrogens is 1. The standard InChI is InChI=1S/C20H19F3N2O2S/c1-11-6-7-15(12(2)8-11)18-16(10-17(26)27)28-19(25-18)24-14-5-3-4-13(9-14)20(21,22)23/h3-9,12,15H,10H2,1-2H3,(H,24,25)(H,26,27). The van der Waals surface area contributed by atoms with Crippen LogP contribution in [0, 0.1) is 5.92 Å². The highest BCUT2D eigenvalue weighted by molar-refractivity contribution is 7.15. The van der Waals surface area contributed by atoms with E-state index in [2.05, 4.69) is 16.4 Å². The molecule has 1 aromatic carbocycles. The van der Waals surface area contributed by atoms with Gasteiger partial charge in [-0.15, -0.1) is 11.3 Å². The van der Waals surface area contributed by atoms with Crippen molar-refractivity contribution in [1.29, 1.82) is 0 Å². The third-order valence-corrected chi connectivity index (χ3v) is 5.44. The number of nitrogens with one attached hydrogen (secondary N) is 1. The first kappa shape index (κ1) is 20.1. The van der Waals surface area contributed by atoms with Crippen molar-refractivity contribution in [2.75, 3.05) is 5.32 Å². The molecule has 3 rings (SSSR count). The zero-order chi connectivity index (χ0) is 20.5. The monoisotopic (exact) mass is 408 g/mol. The van der Waals surface area contributed by atoms with Crippen molar-refractivity contribution in [2.45, 2.75) is 32.4 Å². The Morgan fingerprint density at radius 1 is 1.36 bits per heavy atom. The first-order valence-electron chi connectivity index (χ1n) is 8.66. The number of allylic oxidation sites excluding steroid dienone is 4. The number of benzene rings is 1. The highest BCUT2D eigenvalue weighted by Crippen LogP contribution is 2.38. The number of rotatable bonds is 5. The molecule has 0 spiro atoms. The molecule has 0 bridgehead atoms. The second kappa shape index (κ2) is 7.79. The molecular weight excluding hydrogens is 389 g/mol. The number of anilines is 2. The van der Waals surface area contributed by atoms with Gasteiger partial charge in [-0.2, -0.15) is 13.2 Å². The summed E-state index contributed by atoms with van der Waals surface area (Å²) in [6, 6.07) is 4.84. The van der Waals surface area contributed by atoms with Gasteiger partial charge in [0.15, 0.2) is 5.13 Å². The Balaban J connectivity index is 1.92. The molecule has 1 aliphatic carbocycles. The Morgan fingerprint density at radius 3 is 2.75 bits per heavy atom. The molecule has 28 heavy (non-hydrogen) atoms. The van der Waals surface area contributed by atoms with Gasteiger partial charge < -0.3 is 10.4 Å². The van der Waals surface area contributed by atoms with Gasteiger partial charge in [0, 0.05) is 16.5 Å². The average molecular weight is 408 g/mol. The van der Waals surface area contributed by atoms with Crippen molar-refractivity contribution < 1.29 is 23.1 Å². The zero-order valence-electron chi connectivity index (χ0n) is 15.2. The summed E-state index contributed by atoms with van der Waals surface area (Å²) >= 11 is 1.15. The Bertz CT molecular complexity index is 947. The fourth-order valence-electron chi connectivity index (χ4n) is 3.18. The molecule has 2 atom stereocenters. The van der Waals surface area contributed by atoms with Gasteiger partial charge in [-0.05, 0) is 31.0 Å². The number of carboxylic acid groups (broad SMARTS) is 1.